The molecule has 1 aromatic heterocycles. The maximum atomic E-state index is 11.5. The van der Waals surface area contributed by atoms with E-state index < -0.39 is 24.5 Å². The maximum Gasteiger partial charge on any atom is 0.321 e. The molecular formula is C13H19N3O4S. The Morgan fingerprint density at radius 2 is 2.14 bits per heavy atom. The molecular weight excluding hydrogens is 294 g/mol. The molecule has 116 valence electrons. The predicted molar refractivity (Wildman–Crippen MR) is 78.0 cm³/mol. The van der Waals surface area contributed by atoms with Crippen molar-refractivity contribution < 1.29 is 19.1 Å². The summed E-state index contributed by atoms with van der Waals surface area (Å²) >= 11 is 1.44. The summed E-state index contributed by atoms with van der Waals surface area (Å²) in [6.45, 7) is 3.85. The van der Waals surface area contributed by atoms with Crippen molar-refractivity contribution in [1.29, 1.82) is 0 Å². The van der Waals surface area contributed by atoms with Gasteiger partial charge in [0.15, 0.2) is 6.61 Å². The lowest BCUT2D eigenvalue weighted by Gasteiger charge is -2.06. The minimum absolute atomic E-state index is 0.0142. The second-order valence-electron chi connectivity index (χ2n) is 4.35. The number of aryl methyl sites for hydroxylation is 1. The van der Waals surface area contributed by atoms with Gasteiger partial charge in [0.1, 0.15) is 0 Å². The van der Waals surface area contributed by atoms with Crippen molar-refractivity contribution in [2.45, 2.75) is 33.1 Å². The summed E-state index contributed by atoms with van der Waals surface area (Å²) in [4.78, 5) is 38.3. The van der Waals surface area contributed by atoms with Crippen LogP contribution < -0.4 is 10.6 Å². The summed E-state index contributed by atoms with van der Waals surface area (Å²) in [6, 6.07) is -0.584. The zero-order chi connectivity index (χ0) is 15.7. The van der Waals surface area contributed by atoms with Gasteiger partial charge in [-0.25, -0.2) is 9.78 Å². The molecule has 0 bridgehead atoms. The van der Waals surface area contributed by atoms with Gasteiger partial charge < -0.3 is 10.1 Å². The summed E-state index contributed by atoms with van der Waals surface area (Å²) in [5, 5.41) is 7.23. The number of aromatic nitrogens is 1. The number of carbonyl (C=O) groups excluding carboxylic acids is 3. The van der Waals surface area contributed by atoms with E-state index in [0.29, 0.717) is 12.2 Å². The number of hydrogen-bond donors (Lipinski definition) is 2. The number of rotatable bonds is 7. The zero-order valence-corrected chi connectivity index (χ0v) is 12.9. The van der Waals surface area contributed by atoms with E-state index in [0.717, 1.165) is 17.8 Å². The summed E-state index contributed by atoms with van der Waals surface area (Å²) in [5.74, 6) is -1.21. The summed E-state index contributed by atoms with van der Waals surface area (Å²) in [5.41, 5.74) is 0.611. The highest BCUT2D eigenvalue weighted by atomic mass is 32.1. The number of nitrogens with one attached hydrogen (secondary N) is 2. The van der Waals surface area contributed by atoms with Crippen LogP contribution in [-0.4, -0.2) is 36.0 Å². The Labute approximate surface area is 127 Å². The van der Waals surface area contributed by atoms with Gasteiger partial charge in [-0.3, -0.25) is 14.9 Å². The van der Waals surface area contributed by atoms with E-state index >= 15 is 0 Å². The van der Waals surface area contributed by atoms with Gasteiger partial charge in [-0.15, -0.1) is 11.3 Å². The lowest BCUT2D eigenvalue weighted by Crippen LogP contribution is -2.41. The molecule has 8 heteroatoms. The van der Waals surface area contributed by atoms with E-state index in [1.165, 1.54) is 11.3 Å². The van der Waals surface area contributed by atoms with Crippen molar-refractivity contribution in [3.63, 3.8) is 0 Å². The predicted octanol–water partition coefficient (Wildman–Crippen LogP) is 1.16. The first-order chi connectivity index (χ1) is 10.0. The topological polar surface area (TPSA) is 97.4 Å². The molecule has 0 saturated heterocycles. The van der Waals surface area contributed by atoms with Crippen LogP contribution in [-0.2, 0) is 20.7 Å². The molecule has 7 nitrogen and oxygen atoms in total. The molecule has 0 atom stereocenters. The van der Waals surface area contributed by atoms with E-state index in [9.17, 15) is 14.4 Å². The molecule has 0 aromatic carbocycles. The molecule has 21 heavy (non-hydrogen) atoms. The number of imide groups is 1. The number of carbonyl (C=O) groups is 3. The van der Waals surface area contributed by atoms with Gasteiger partial charge in [-0.1, -0.05) is 13.3 Å². The van der Waals surface area contributed by atoms with Crippen LogP contribution in [0.25, 0.3) is 0 Å². The highest BCUT2D eigenvalue weighted by molar-refractivity contribution is 7.09. The lowest BCUT2D eigenvalue weighted by atomic mass is 10.3. The summed E-state index contributed by atoms with van der Waals surface area (Å²) < 4.78 is 4.78. The number of hydrogen-bond acceptors (Lipinski definition) is 6. The Morgan fingerprint density at radius 3 is 2.76 bits per heavy atom. The van der Waals surface area contributed by atoms with Crippen LogP contribution in [0.2, 0.25) is 0 Å². The van der Waals surface area contributed by atoms with Gasteiger partial charge >= 0.3 is 12.0 Å². The Morgan fingerprint density at radius 1 is 1.38 bits per heavy atom. The molecule has 0 aliphatic carbocycles. The molecule has 0 fully saturated rings. The van der Waals surface area contributed by atoms with Crippen molar-refractivity contribution in [2.24, 2.45) is 0 Å². The highest BCUT2D eigenvalue weighted by Crippen LogP contribution is 2.08. The van der Waals surface area contributed by atoms with Crippen LogP contribution in [0, 0.1) is 6.92 Å². The third kappa shape index (κ3) is 7.40. The second-order valence-corrected chi connectivity index (χ2v) is 5.42. The Balaban J connectivity index is 2.20. The van der Waals surface area contributed by atoms with Crippen molar-refractivity contribution >= 4 is 29.2 Å². The maximum absolute atomic E-state index is 11.5. The molecule has 1 aromatic rings. The fourth-order valence-corrected chi connectivity index (χ4v) is 2.03. The van der Waals surface area contributed by atoms with Gasteiger partial charge in [0.05, 0.1) is 17.1 Å². The minimum atomic E-state index is -0.660. The van der Waals surface area contributed by atoms with Gasteiger partial charge in [-0.05, 0) is 13.3 Å². The van der Waals surface area contributed by atoms with E-state index in [1.54, 1.807) is 5.38 Å². The van der Waals surface area contributed by atoms with Crippen LogP contribution in [0.3, 0.4) is 0 Å². The molecule has 0 unspecified atom stereocenters. The van der Waals surface area contributed by atoms with Gasteiger partial charge in [0.25, 0.3) is 5.91 Å². The third-order valence-electron chi connectivity index (χ3n) is 2.43. The molecule has 0 spiro atoms. The van der Waals surface area contributed by atoms with Crippen molar-refractivity contribution in [3.8, 4) is 0 Å². The number of unbranched alkanes of at least 4 members (excludes halogenated alkanes) is 1. The average molecular weight is 313 g/mol. The Bertz CT molecular complexity index is 501. The van der Waals surface area contributed by atoms with Crippen LogP contribution >= 0.6 is 11.3 Å². The number of esters is 1. The smallest absolute Gasteiger partial charge is 0.321 e. The first-order valence-corrected chi connectivity index (χ1v) is 7.53. The number of ether oxygens (including phenoxy) is 1. The largest absolute Gasteiger partial charge is 0.455 e. The number of amides is 3. The first kappa shape index (κ1) is 17.1. The SMILES string of the molecule is CCCCNC(=O)NC(=O)COC(=O)Cc1csc(C)n1. The molecule has 3 amide bonds. The molecule has 0 aliphatic heterocycles. The van der Waals surface area contributed by atoms with E-state index in [1.807, 2.05) is 13.8 Å². The molecule has 1 heterocycles. The van der Waals surface area contributed by atoms with Crippen LogP contribution in [0.15, 0.2) is 5.38 Å². The second kappa shape index (κ2) is 9.06. The Hall–Kier alpha value is -1.96. The van der Waals surface area contributed by atoms with Gasteiger partial charge in [-0.2, -0.15) is 0 Å². The quantitative estimate of drug-likeness (QED) is 0.581. The molecule has 0 saturated carbocycles. The van der Waals surface area contributed by atoms with E-state index in [-0.39, 0.29) is 6.42 Å². The molecule has 2 N–H and O–H groups in total. The van der Waals surface area contributed by atoms with Crippen LogP contribution in [0.5, 0.6) is 0 Å². The number of thiazole rings is 1. The van der Waals surface area contributed by atoms with E-state index in [2.05, 4.69) is 15.6 Å². The highest BCUT2D eigenvalue weighted by Gasteiger charge is 2.12. The molecule has 0 aliphatic rings. The van der Waals surface area contributed by atoms with Crippen LogP contribution in [0.1, 0.15) is 30.5 Å². The first-order valence-electron chi connectivity index (χ1n) is 6.65. The van der Waals surface area contributed by atoms with Crippen molar-refractivity contribution in [2.75, 3.05) is 13.2 Å². The van der Waals surface area contributed by atoms with Crippen LogP contribution in [0.4, 0.5) is 4.79 Å². The summed E-state index contributed by atoms with van der Waals surface area (Å²) in [7, 11) is 0. The summed E-state index contributed by atoms with van der Waals surface area (Å²) in [6.07, 6.45) is 1.80. The van der Waals surface area contributed by atoms with Crippen molar-refractivity contribution in [3.05, 3.63) is 16.1 Å². The standard InChI is InChI=1S/C13H19N3O4S/c1-3-4-5-14-13(19)16-11(17)7-20-12(18)6-10-8-21-9(2)15-10/h8H,3-7H2,1-2H3,(H2,14,16,17,19). The normalized spacial score (nSPS) is 10.0. The lowest BCUT2D eigenvalue weighted by molar-refractivity contribution is -0.147. The third-order valence-corrected chi connectivity index (χ3v) is 3.25. The fourth-order valence-electron chi connectivity index (χ4n) is 1.42. The molecule has 1 rings (SSSR count). The Kier molecular flexibility index (Phi) is 7.38. The minimum Gasteiger partial charge on any atom is -0.455 e. The fraction of sp³-hybridized carbons (Fsp3) is 0.538. The van der Waals surface area contributed by atoms with Gasteiger partial charge in [0, 0.05) is 11.9 Å². The number of urea groups is 1. The monoisotopic (exact) mass is 313 g/mol. The number of nitrogens with zero attached hydrogens (tertiary/aromatic N) is 1. The van der Waals surface area contributed by atoms with Gasteiger partial charge in [0.2, 0.25) is 0 Å². The zero-order valence-electron chi connectivity index (χ0n) is 12.1. The van der Waals surface area contributed by atoms with E-state index in [4.69, 9.17) is 4.74 Å². The average Bonchev–Trinajstić information content (AvgIpc) is 2.82. The molecule has 0 radical (unpaired) electrons. The van der Waals surface area contributed by atoms with Crippen molar-refractivity contribution in [1.82, 2.24) is 15.6 Å².